The zero-order valence-corrected chi connectivity index (χ0v) is 14.2. The molecule has 3 N–H and O–H groups in total. The van der Waals surface area contributed by atoms with Gasteiger partial charge in [-0.2, -0.15) is 4.98 Å². The first-order valence-corrected chi connectivity index (χ1v) is 8.25. The van der Waals surface area contributed by atoms with E-state index in [1.807, 2.05) is 0 Å². The van der Waals surface area contributed by atoms with Crippen LogP contribution in [0.15, 0.2) is 38.4 Å². The van der Waals surface area contributed by atoms with E-state index in [1.165, 1.54) is 4.68 Å². The number of benzene rings is 1. The lowest BCUT2D eigenvalue weighted by Gasteiger charge is -2.08. The van der Waals surface area contributed by atoms with Crippen LogP contribution in [0.4, 0.5) is 0 Å². The van der Waals surface area contributed by atoms with Crippen molar-refractivity contribution in [2.24, 2.45) is 11.7 Å². The predicted molar refractivity (Wildman–Crippen MR) is 93.2 cm³/mol. The third-order valence-corrected chi connectivity index (χ3v) is 3.97. The molecule has 1 unspecified atom stereocenters. The quantitative estimate of drug-likeness (QED) is 0.697. The first kappa shape index (κ1) is 17.1. The fraction of sp³-hybridized carbons (Fsp3) is 0.412. The van der Waals surface area contributed by atoms with E-state index in [4.69, 9.17) is 10.3 Å². The van der Waals surface area contributed by atoms with Gasteiger partial charge in [0.2, 0.25) is 5.89 Å². The maximum Gasteiger partial charge on any atom is 0.273 e. The monoisotopic (exact) mass is 343 g/mol. The van der Waals surface area contributed by atoms with Crippen molar-refractivity contribution in [3.8, 4) is 0 Å². The van der Waals surface area contributed by atoms with E-state index in [9.17, 15) is 9.59 Å². The molecule has 25 heavy (non-hydrogen) atoms. The van der Waals surface area contributed by atoms with Gasteiger partial charge < -0.3 is 10.3 Å². The molecule has 3 rings (SSSR count). The third-order valence-electron chi connectivity index (χ3n) is 3.97. The fourth-order valence-electron chi connectivity index (χ4n) is 2.74. The number of fused-ring (bicyclic) bond motifs is 1. The third kappa shape index (κ3) is 3.69. The zero-order valence-electron chi connectivity index (χ0n) is 14.2. The van der Waals surface area contributed by atoms with Gasteiger partial charge in [-0.25, -0.2) is 4.68 Å². The Kier molecular flexibility index (Phi) is 4.80. The van der Waals surface area contributed by atoms with Gasteiger partial charge in [-0.15, -0.1) is 0 Å². The Balaban J connectivity index is 1.78. The number of H-pyrrole nitrogens is 1. The number of aromatic nitrogens is 4. The van der Waals surface area contributed by atoms with Crippen LogP contribution < -0.4 is 16.9 Å². The Morgan fingerprint density at radius 2 is 1.96 bits per heavy atom. The summed E-state index contributed by atoms with van der Waals surface area (Å²) >= 11 is 0. The van der Waals surface area contributed by atoms with E-state index in [1.54, 1.807) is 24.3 Å². The molecule has 0 aliphatic carbocycles. The van der Waals surface area contributed by atoms with Crippen molar-refractivity contribution in [1.29, 1.82) is 0 Å². The van der Waals surface area contributed by atoms with Crippen molar-refractivity contribution in [3.63, 3.8) is 0 Å². The molecule has 132 valence electrons. The van der Waals surface area contributed by atoms with Crippen LogP contribution in [-0.2, 0) is 13.0 Å². The van der Waals surface area contributed by atoms with E-state index < -0.39 is 0 Å². The van der Waals surface area contributed by atoms with Gasteiger partial charge in [0.15, 0.2) is 5.82 Å². The molecule has 0 fully saturated rings. The highest BCUT2D eigenvalue weighted by atomic mass is 16.5. The molecule has 8 nitrogen and oxygen atoms in total. The Morgan fingerprint density at radius 3 is 2.68 bits per heavy atom. The lowest BCUT2D eigenvalue weighted by atomic mass is 10.0. The van der Waals surface area contributed by atoms with Gasteiger partial charge in [-0.1, -0.05) is 31.1 Å². The van der Waals surface area contributed by atoms with Gasteiger partial charge in [0.05, 0.1) is 23.4 Å². The van der Waals surface area contributed by atoms with E-state index in [-0.39, 0.29) is 23.7 Å². The van der Waals surface area contributed by atoms with Crippen molar-refractivity contribution in [1.82, 2.24) is 19.9 Å². The van der Waals surface area contributed by atoms with Crippen LogP contribution in [-0.4, -0.2) is 19.9 Å². The largest absolute Gasteiger partial charge is 0.339 e. The first-order valence-electron chi connectivity index (χ1n) is 8.25. The Labute approximate surface area is 143 Å². The fourth-order valence-corrected chi connectivity index (χ4v) is 2.74. The Morgan fingerprint density at radius 1 is 1.24 bits per heavy atom. The minimum Gasteiger partial charge on any atom is -0.339 e. The summed E-state index contributed by atoms with van der Waals surface area (Å²) in [5.41, 5.74) is 5.47. The average molecular weight is 343 g/mol. The number of rotatable bonds is 6. The van der Waals surface area contributed by atoms with E-state index in [2.05, 4.69) is 29.1 Å². The van der Waals surface area contributed by atoms with Crippen molar-refractivity contribution in [3.05, 3.63) is 56.7 Å². The second-order valence-electron chi connectivity index (χ2n) is 6.48. The number of nitrogens with zero attached hydrogens (tertiary/aromatic N) is 3. The number of nitrogens with one attached hydrogen (secondary N) is 1. The van der Waals surface area contributed by atoms with Crippen LogP contribution >= 0.6 is 0 Å². The molecule has 0 saturated carbocycles. The van der Waals surface area contributed by atoms with Crippen LogP contribution in [0.2, 0.25) is 0 Å². The molecule has 1 aromatic carbocycles. The van der Waals surface area contributed by atoms with Gasteiger partial charge in [0.25, 0.3) is 11.1 Å². The summed E-state index contributed by atoms with van der Waals surface area (Å²) in [6.07, 6.45) is 1.09. The Hall–Kier alpha value is -2.74. The van der Waals surface area contributed by atoms with Gasteiger partial charge in [-0.05, 0) is 24.5 Å². The number of aryl methyl sites for hydroxylation is 2. The van der Waals surface area contributed by atoms with E-state index >= 15 is 0 Å². The minimum absolute atomic E-state index is 0.236. The molecule has 1 atom stereocenters. The molecular weight excluding hydrogens is 322 g/mol. The highest BCUT2D eigenvalue weighted by Crippen LogP contribution is 2.16. The first-order chi connectivity index (χ1) is 12.0. The molecule has 0 spiro atoms. The lowest BCUT2D eigenvalue weighted by Crippen LogP contribution is -2.30. The molecule has 0 aliphatic heterocycles. The van der Waals surface area contributed by atoms with Gasteiger partial charge in [0, 0.05) is 6.42 Å². The van der Waals surface area contributed by atoms with Crippen LogP contribution in [0.25, 0.3) is 10.8 Å². The molecular formula is C17H21N5O3. The van der Waals surface area contributed by atoms with Gasteiger partial charge in [0.1, 0.15) is 0 Å². The number of nitrogens with two attached hydrogens (primary N) is 1. The zero-order chi connectivity index (χ0) is 18.0. The minimum atomic E-state index is -0.305. The van der Waals surface area contributed by atoms with Crippen LogP contribution in [0.1, 0.15) is 38.0 Å². The smallest absolute Gasteiger partial charge is 0.273 e. The van der Waals surface area contributed by atoms with Crippen molar-refractivity contribution in [2.45, 2.75) is 39.3 Å². The molecule has 0 saturated heterocycles. The van der Waals surface area contributed by atoms with Crippen LogP contribution in [0, 0.1) is 5.92 Å². The Bertz CT molecular complexity index is 986. The summed E-state index contributed by atoms with van der Waals surface area (Å²) in [4.78, 5) is 28.8. The van der Waals surface area contributed by atoms with Crippen LogP contribution in [0.3, 0.4) is 0 Å². The molecule has 0 radical (unpaired) electrons. The summed E-state index contributed by atoms with van der Waals surface area (Å²) in [7, 11) is 0. The summed E-state index contributed by atoms with van der Waals surface area (Å²) in [5, 5.41) is 7.24. The normalized spacial score (nSPS) is 12.8. The summed E-state index contributed by atoms with van der Waals surface area (Å²) < 4.78 is 6.46. The van der Waals surface area contributed by atoms with E-state index in [0.29, 0.717) is 34.8 Å². The van der Waals surface area contributed by atoms with E-state index in [0.717, 1.165) is 6.42 Å². The average Bonchev–Trinajstić information content (AvgIpc) is 3.05. The molecule has 0 bridgehead atoms. The summed E-state index contributed by atoms with van der Waals surface area (Å²) in [6, 6.07) is 6.44. The highest BCUT2D eigenvalue weighted by molar-refractivity contribution is 5.80. The lowest BCUT2D eigenvalue weighted by molar-refractivity contribution is 0.357. The summed E-state index contributed by atoms with van der Waals surface area (Å²) in [5.74, 6) is 1.27. The SMILES string of the molecule is CC(C)CC(N)c1noc(CCn2[nH]c(=O)c3ccccc3c2=O)n1. The molecule has 2 heterocycles. The van der Waals surface area contributed by atoms with Crippen LogP contribution in [0.5, 0.6) is 0 Å². The summed E-state index contributed by atoms with van der Waals surface area (Å²) in [6.45, 7) is 4.38. The second kappa shape index (κ2) is 7.02. The van der Waals surface area contributed by atoms with Gasteiger partial charge in [-0.3, -0.25) is 14.7 Å². The van der Waals surface area contributed by atoms with Crippen molar-refractivity contribution >= 4 is 10.8 Å². The predicted octanol–water partition coefficient (Wildman–Crippen LogP) is 1.36. The number of aromatic amines is 1. The van der Waals surface area contributed by atoms with Crippen molar-refractivity contribution < 1.29 is 4.52 Å². The molecule has 0 amide bonds. The van der Waals surface area contributed by atoms with Crippen molar-refractivity contribution in [2.75, 3.05) is 0 Å². The standard InChI is InChI=1S/C17H21N5O3/c1-10(2)9-13(18)15-19-14(25-21-15)7-8-22-17(24)12-6-4-3-5-11(12)16(23)20-22/h3-6,10,13H,7-9,18H2,1-2H3,(H,20,23). The molecule has 0 aliphatic rings. The highest BCUT2D eigenvalue weighted by Gasteiger charge is 2.16. The maximum atomic E-state index is 12.4. The van der Waals surface area contributed by atoms with Gasteiger partial charge >= 0.3 is 0 Å². The maximum absolute atomic E-state index is 12.4. The molecule has 2 aromatic heterocycles. The number of hydrogen-bond acceptors (Lipinski definition) is 6. The topological polar surface area (TPSA) is 120 Å². The second-order valence-corrected chi connectivity index (χ2v) is 6.48. The number of hydrogen-bond donors (Lipinski definition) is 2. The molecule has 8 heteroatoms. The molecule has 3 aromatic rings.